The van der Waals surface area contributed by atoms with Crippen LogP contribution in [-0.2, 0) is 11.3 Å². The lowest BCUT2D eigenvalue weighted by atomic mass is 10.1. The molecule has 8 nitrogen and oxygen atoms in total. The van der Waals surface area contributed by atoms with Gasteiger partial charge in [-0.2, -0.15) is 5.10 Å². The van der Waals surface area contributed by atoms with E-state index >= 15 is 0 Å². The zero-order valence-electron chi connectivity index (χ0n) is 14.4. The van der Waals surface area contributed by atoms with Crippen molar-refractivity contribution in [1.82, 2.24) is 14.7 Å². The third-order valence-corrected chi connectivity index (χ3v) is 4.62. The van der Waals surface area contributed by atoms with Crippen molar-refractivity contribution in [3.63, 3.8) is 0 Å². The standard InChI is InChI=1S/C18H21N5O3/c24-17(21-15-12-20-23-7-1-6-19-16(15)23)13-2-4-14(5-3-13)18(25)22-8-10-26-11-9-22/h2-5,12,19H,1,6-11H2,(H,21,24). The first kappa shape index (κ1) is 16.6. The summed E-state index contributed by atoms with van der Waals surface area (Å²) < 4.78 is 7.12. The Morgan fingerprint density at radius 3 is 2.58 bits per heavy atom. The Hall–Kier alpha value is -2.87. The van der Waals surface area contributed by atoms with E-state index in [1.54, 1.807) is 35.4 Å². The highest BCUT2D eigenvalue weighted by molar-refractivity contribution is 6.06. The second-order valence-corrected chi connectivity index (χ2v) is 6.35. The van der Waals surface area contributed by atoms with Gasteiger partial charge in [0.15, 0.2) is 0 Å². The van der Waals surface area contributed by atoms with Crippen molar-refractivity contribution in [3.05, 3.63) is 41.6 Å². The minimum Gasteiger partial charge on any atom is -0.378 e. The van der Waals surface area contributed by atoms with Gasteiger partial charge in [0.1, 0.15) is 11.5 Å². The molecule has 2 aliphatic heterocycles. The molecule has 0 spiro atoms. The fourth-order valence-corrected chi connectivity index (χ4v) is 3.18. The van der Waals surface area contributed by atoms with Crippen molar-refractivity contribution in [2.24, 2.45) is 0 Å². The van der Waals surface area contributed by atoms with Gasteiger partial charge in [-0.25, -0.2) is 4.68 Å². The van der Waals surface area contributed by atoms with Crippen LogP contribution < -0.4 is 10.6 Å². The molecule has 26 heavy (non-hydrogen) atoms. The number of anilines is 2. The van der Waals surface area contributed by atoms with Crippen molar-refractivity contribution in [1.29, 1.82) is 0 Å². The number of amides is 2. The SMILES string of the molecule is O=C(Nc1cnn2c1NCCC2)c1ccc(C(=O)N2CCOCC2)cc1. The van der Waals surface area contributed by atoms with Gasteiger partial charge in [-0.15, -0.1) is 0 Å². The smallest absolute Gasteiger partial charge is 0.255 e. The molecule has 0 aliphatic carbocycles. The predicted octanol–water partition coefficient (Wildman–Crippen LogP) is 1.42. The van der Waals surface area contributed by atoms with Crippen molar-refractivity contribution in [2.45, 2.75) is 13.0 Å². The zero-order chi connectivity index (χ0) is 17.9. The summed E-state index contributed by atoms with van der Waals surface area (Å²) in [5.74, 6) is 0.581. The van der Waals surface area contributed by atoms with Gasteiger partial charge in [0.25, 0.3) is 11.8 Å². The molecule has 3 heterocycles. The zero-order valence-corrected chi connectivity index (χ0v) is 14.4. The van der Waals surface area contributed by atoms with Gasteiger partial charge in [-0.1, -0.05) is 0 Å². The van der Waals surface area contributed by atoms with E-state index in [1.807, 2.05) is 4.68 Å². The number of carbonyl (C=O) groups excluding carboxylic acids is 2. The lowest BCUT2D eigenvalue weighted by Gasteiger charge is -2.26. The summed E-state index contributed by atoms with van der Waals surface area (Å²) in [5.41, 5.74) is 1.75. The third-order valence-electron chi connectivity index (χ3n) is 4.62. The summed E-state index contributed by atoms with van der Waals surface area (Å²) in [6, 6.07) is 6.73. The fraction of sp³-hybridized carbons (Fsp3) is 0.389. The second kappa shape index (κ2) is 7.17. The highest BCUT2D eigenvalue weighted by atomic mass is 16.5. The number of ether oxygens (including phenoxy) is 1. The Balaban J connectivity index is 1.44. The van der Waals surface area contributed by atoms with E-state index in [0.717, 1.165) is 25.3 Å². The lowest BCUT2D eigenvalue weighted by molar-refractivity contribution is 0.0303. The van der Waals surface area contributed by atoms with Gasteiger partial charge in [-0.3, -0.25) is 9.59 Å². The first-order valence-electron chi connectivity index (χ1n) is 8.80. The number of hydrogen-bond donors (Lipinski definition) is 2. The van der Waals surface area contributed by atoms with Gasteiger partial charge in [0.2, 0.25) is 0 Å². The van der Waals surface area contributed by atoms with E-state index in [2.05, 4.69) is 15.7 Å². The number of nitrogens with one attached hydrogen (secondary N) is 2. The Morgan fingerprint density at radius 1 is 1.08 bits per heavy atom. The number of benzene rings is 1. The van der Waals surface area contributed by atoms with Crippen LogP contribution in [0.4, 0.5) is 11.5 Å². The Morgan fingerprint density at radius 2 is 1.81 bits per heavy atom. The molecule has 4 rings (SSSR count). The number of aromatic nitrogens is 2. The second-order valence-electron chi connectivity index (χ2n) is 6.35. The van der Waals surface area contributed by atoms with E-state index in [0.29, 0.717) is 43.1 Å². The molecular weight excluding hydrogens is 334 g/mol. The van der Waals surface area contributed by atoms with E-state index in [4.69, 9.17) is 4.74 Å². The Labute approximate surface area is 151 Å². The summed E-state index contributed by atoms with van der Waals surface area (Å²) in [4.78, 5) is 26.7. The molecule has 2 aromatic rings. The summed E-state index contributed by atoms with van der Waals surface area (Å²) in [7, 11) is 0. The van der Waals surface area contributed by atoms with Crippen LogP contribution in [0, 0.1) is 0 Å². The van der Waals surface area contributed by atoms with Crippen molar-refractivity contribution in [2.75, 3.05) is 43.5 Å². The first-order chi connectivity index (χ1) is 12.7. The maximum absolute atomic E-state index is 12.5. The van der Waals surface area contributed by atoms with Gasteiger partial charge in [-0.05, 0) is 30.7 Å². The monoisotopic (exact) mass is 355 g/mol. The van der Waals surface area contributed by atoms with Crippen LogP contribution in [0.2, 0.25) is 0 Å². The van der Waals surface area contributed by atoms with Gasteiger partial charge in [0, 0.05) is 37.3 Å². The highest BCUT2D eigenvalue weighted by Gasteiger charge is 2.20. The molecule has 2 N–H and O–H groups in total. The van der Waals surface area contributed by atoms with E-state index in [1.165, 1.54) is 0 Å². The van der Waals surface area contributed by atoms with Crippen LogP contribution >= 0.6 is 0 Å². The van der Waals surface area contributed by atoms with Crippen LogP contribution in [0.5, 0.6) is 0 Å². The van der Waals surface area contributed by atoms with E-state index in [9.17, 15) is 9.59 Å². The predicted molar refractivity (Wildman–Crippen MR) is 96.5 cm³/mol. The molecule has 1 saturated heterocycles. The summed E-state index contributed by atoms with van der Waals surface area (Å²) in [6.45, 7) is 4.04. The van der Waals surface area contributed by atoms with Gasteiger partial charge >= 0.3 is 0 Å². The van der Waals surface area contributed by atoms with E-state index < -0.39 is 0 Å². The minimum absolute atomic E-state index is 0.0323. The first-order valence-corrected chi connectivity index (χ1v) is 8.80. The third kappa shape index (κ3) is 3.28. The van der Waals surface area contributed by atoms with Gasteiger partial charge < -0.3 is 20.3 Å². The average Bonchev–Trinajstić information content (AvgIpc) is 3.11. The highest BCUT2D eigenvalue weighted by Crippen LogP contribution is 2.24. The van der Waals surface area contributed by atoms with E-state index in [-0.39, 0.29) is 11.8 Å². The molecular formula is C18H21N5O3. The number of carbonyl (C=O) groups is 2. The van der Waals surface area contributed by atoms with Crippen LogP contribution in [0.25, 0.3) is 0 Å². The van der Waals surface area contributed by atoms with Crippen LogP contribution in [-0.4, -0.2) is 59.3 Å². The number of fused-ring (bicyclic) bond motifs is 1. The summed E-state index contributed by atoms with van der Waals surface area (Å²) in [5, 5.41) is 10.4. The Kier molecular flexibility index (Phi) is 4.57. The van der Waals surface area contributed by atoms with Crippen molar-refractivity contribution in [3.8, 4) is 0 Å². The number of aryl methyl sites for hydroxylation is 1. The Bertz CT molecular complexity index is 809. The lowest BCUT2D eigenvalue weighted by Crippen LogP contribution is -2.40. The van der Waals surface area contributed by atoms with Crippen LogP contribution in [0.1, 0.15) is 27.1 Å². The molecule has 0 radical (unpaired) electrons. The van der Waals surface area contributed by atoms with Crippen LogP contribution in [0.3, 0.4) is 0 Å². The molecule has 1 aromatic heterocycles. The number of rotatable bonds is 3. The molecule has 0 unspecified atom stereocenters. The average molecular weight is 355 g/mol. The van der Waals surface area contributed by atoms with Crippen molar-refractivity contribution >= 4 is 23.3 Å². The molecule has 2 aliphatic rings. The largest absolute Gasteiger partial charge is 0.378 e. The molecule has 1 aromatic carbocycles. The van der Waals surface area contributed by atoms with Crippen molar-refractivity contribution < 1.29 is 14.3 Å². The molecule has 0 atom stereocenters. The summed E-state index contributed by atoms with van der Waals surface area (Å²) in [6.07, 6.45) is 2.67. The topological polar surface area (TPSA) is 88.5 Å². The molecule has 136 valence electrons. The molecule has 8 heteroatoms. The summed E-state index contributed by atoms with van der Waals surface area (Å²) >= 11 is 0. The van der Waals surface area contributed by atoms with Gasteiger partial charge in [0.05, 0.1) is 19.4 Å². The molecule has 0 saturated carbocycles. The maximum atomic E-state index is 12.5. The maximum Gasteiger partial charge on any atom is 0.255 e. The molecule has 1 fully saturated rings. The fourth-order valence-electron chi connectivity index (χ4n) is 3.18. The normalized spacial score (nSPS) is 16.5. The minimum atomic E-state index is -0.224. The number of nitrogens with zero attached hydrogens (tertiary/aromatic N) is 3. The number of hydrogen-bond acceptors (Lipinski definition) is 5. The molecule has 0 bridgehead atoms. The number of morpholine rings is 1. The van der Waals surface area contributed by atoms with Crippen LogP contribution in [0.15, 0.2) is 30.5 Å². The molecule has 2 amide bonds. The quantitative estimate of drug-likeness (QED) is 0.869.